The summed E-state index contributed by atoms with van der Waals surface area (Å²) in [5, 5.41) is 9.84. The van der Waals surface area contributed by atoms with Crippen molar-refractivity contribution in [1.82, 2.24) is 0 Å². The van der Waals surface area contributed by atoms with Gasteiger partial charge in [-0.05, 0) is 122 Å². The average Bonchev–Trinajstić information content (AvgIpc) is 3.43. The molecule has 0 aliphatic rings. The molecule has 0 aliphatic carbocycles. The van der Waals surface area contributed by atoms with Crippen LogP contribution in [-0.2, 0) is 42.2 Å². The summed E-state index contributed by atoms with van der Waals surface area (Å²) in [6.07, 6.45) is 70.7. The van der Waals surface area contributed by atoms with Crippen LogP contribution in [0.5, 0.6) is 0 Å². The zero-order valence-electron chi connectivity index (χ0n) is 49.6. The van der Waals surface area contributed by atoms with E-state index in [4.69, 9.17) is 23.3 Å². The van der Waals surface area contributed by atoms with E-state index in [2.05, 4.69) is 118 Å². The van der Waals surface area contributed by atoms with E-state index in [-0.39, 0.29) is 25.9 Å². The molecule has 12 heteroatoms. The van der Waals surface area contributed by atoms with Crippen LogP contribution >= 0.6 is 7.82 Å². The van der Waals surface area contributed by atoms with Crippen molar-refractivity contribution in [2.24, 2.45) is 0 Å². The molecular formula is C66H113O11P. The Balaban J connectivity index is 4.78. The molecule has 0 heterocycles. The van der Waals surface area contributed by atoms with Crippen LogP contribution in [-0.4, -0.2) is 66.5 Å². The van der Waals surface area contributed by atoms with Crippen LogP contribution in [0.25, 0.3) is 0 Å². The highest BCUT2D eigenvalue weighted by atomic mass is 31.2. The zero-order valence-corrected chi connectivity index (χ0v) is 50.5. The second kappa shape index (κ2) is 59.5. The van der Waals surface area contributed by atoms with Crippen molar-refractivity contribution >= 4 is 25.7 Å². The van der Waals surface area contributed by atoms with Crippen molar-refractivity contribution in [3.05, 3.63) is 97.2 Å². The molecule has 0 aliphatic heterocycles. The minimum Gasteiger partial charge on any atom is -0.462 e. The highest BCUT2D eigenvalue weighted by molar-refractivity contribution is 7.47. The summed E-state index contributed by atoms with van der Waals surface area (Å²) in [5.41, 5.74) is 0. The average molecular weight is 1110 g/mol. The molecule has 3 atom stereocenters. The SMILES string of the molecule is CC/C=C\C/C=C\C/C=C\C/C=C\C/C=C\CCCCCC(=O)OC(COC(=O)CCCCCCC/C=C\C/C=C\CCCCC)COP(=O)(O)OCC(CO)OC(=O)CCCCCCCCC/C=C\CCCCCCCC. The third-order valence-electron chi connectivity index (χ3n) is 13.0. The number of ether oxygens (including phenoxy) is 3. The number of unbranched alkanes of at least 4 members (excludes halogenated alkanes) is 24. The number of esters is 3. The van der Waals surface area contributed by atoms with E-state index in [1.54, 1.807) is 0 Å². The van der Waals surface area contributed by atoms with Gasteiger partial charge in [0, 0.05) is 19.3 Å². The van der Waals surface area contributed by atoms with Gasteiger partial charge in [0.05, 0.1) is 19.8 Å². The van der Waals surface area contributed by atoms with Crippen LogP contribution in [0.4, 0.5) is 0 Å². The number of rotatable bonds is 57. The van der Waals surface area contributed by atoms with Crippen LogP contribution in [0, 0.1) is 0 Å². The summed E-state index contributed by atoms with van der Waals surface area (Å²) in [7, 11) is -4.77. The topological polar surface area (TPSA) is 155 Å². The number of hydrogen-bond acceptors (Lipinski definition) is 10. The van der Waals surface area contributed by atoms with E-state index in [9.17, 15) is 28.9 Å². The molecule has 0 radical (unpaired) electrons. The number of aliphatic hydroxyl groups excluding tert-OH is 1. The number of phosphoric ester groups is 1. The lowest BCUT2D eigenvalue weighted by molar-refractivity contribution is -0.161. The molecule has 0 saturated carbocycles. The van der Waals surface area contributed by atoms with Gasteiger partial charge in [-0.25, -0.2) is 4.57 Å². The summed E-state index contributed by atoms with van der Waals surface area (Å²) in [6, 6.07) is 0. The van der Waals surface area contributed by atoms with Crippen molar-refractivity contribution in [1.29, 1.82) is 0 Å². The lowest BCUT2D eigenvalue weighted by Crippen LogP contribution is -2.30. The standard InChI is InChI=1S/C66H113O11P/c1-4-7-10-13-16-19-22-25-28-30-31-33-36-39-42-45-48-51-54-57-66(70)77-63(59-73-64(68)55-52-49-46-43-40-37-34-27-24-21-18-15-12-9-6-3)61-75-78(71,72)74-60-62(58-67)76-65(69)56-53-50-47-44-41-38-35-32-29-26-23-20-17-14-11-8-5-2/h7,10,16,18-19,21,25-29,31,33-34,39,42,62-63,67H,4-6,8-9,11-15,17,20,22-24,30,32,35-38,40-41,43-61H2,1-3H3,(H,71,72)/b10-7-,19-16-,21-18-,28-25-,29-26-,33-31-,34-27-,42-39-. The molecule has 0 saturated heterocycles. The first kappa shape index (κ1) is 74.4. The Kier molecular flexibility index (Phi) is 56.8. The van der Waals surface area contributed by atoms with Gasteiger partial charge in [0.15, 0.2) is 6.10 Å². The molecule has 0 aromatic rings. The van der Waals surface area contributed by atoms with E-state index in [1.807, 2.05) is 0 Å². The smallest absolute Gasteiger partial charge is 0.462 e. The van der Waals surface area contributed by atoms with Crippen LogP contribution < -0.4 is 0 Å². The summed E-state index contributed by atoms with van der Waals surface area (Å²) in [6.45, 7) is 4.46. The number of carbonyl (C=O) groups is 3. The molecule has 3 unspecified atom stereocenters. The fourth-order valence-corrected chi connectivity index (χ4v) is 9.01. The Morgan fingerprint density at radius 3 is 1.08 bits per heavy atom. The van der Waals surface area contributed by atoms with Crippen LogP contribution in [0.2, 0.25) is 0 Å². The fraction of sp³-hybridized carbons (Fsp3) is 0.712. The maximum Gasteiger partial charge on any atom is 0.472 e. The van der Waals surface area contributed by atoms with Crippen molar-refractivity contribution in [3.63, 3.8) is 0 Å². The van der Waals surface area contributed by atoms with Gasteiger partial charge in [-0.15, -0.1) is 0 Å². The minimum absolute atomic E-state index is 0.121. The number of hydrogen-bond donors (Lipinski definition) is 2. The monoisotopic (exact) mass is 1110 g/mol. The molecule has 11 nitrogen and oxygen atoms in total. The summed E-state index contributed by atoms with van der Waals surface area (Å²) in [5.74, 6) is -1.52. The first-order valence-corrected chi connectivity index (χ1v) is 32.6. The van der Waals surface area contributed by atoms with E-state index in [1.165, 1.54) is 83.5 Å². The quantitative estimate of drug-likeness (QED) is 0.0197. The normalized spacial score (nSPS) is 14.0. The molecule has 0 amide bonds. The predicted molar refractivity (Wildman–Crippen MR) is 325 cm³/mol. The molecule has 0 rings (SSSR count). The highest BCUT2D eigenvalue weighted by Crippen LogP contribution is 2.43. The van der Waals surface area contributed by atoms with Crippen LogP contribution in [0.1, 0.15) is 265 Å². The minimum atomic E-state index is -4.77. The van der Waals surface area contributed by atoms with Gasteiger partial charge in [-0.2, -0.15) is 0 Å². The molecule has 0 spiro atoms. The van der Waals surface area contributed by atoms with E-state index in [0.717, 1.165) is 122 Å². The molecule has 0 fully saturated rings. The maximum absolute atomic E-state index is 12.9. The van der Waals surface area contributed by atoms with Gasteiger partial charge in [0.25, 0.3) is 0 Å². The lowest BCUT2D eigenvalue weighted by Gasteiger charge is -2.21. The number of phosphoric acid groups is 1. The first-order valence-electron chi connectivity index (χ1n) is 31.1. The molecule has 2 N–H and O–H groups in total. The van der Waals surface area contributed by atoms with Gasteiger partial charge in [-0.1, -0.05) is 221 Å². The Morgan fingerprint density at radius 2 is 0.667 bits per heavy atom. The number of allylic oxidation sites excluding steroid dienone is 16. The third kappa shape index (κ3) is 57.1. The van der Waals surface area contributed by atoms with Crippen LogP contribution in [0.3, 0.4) is 0 Å². The van der Waals surface area contributed by atoms with E-state index in [0.29, 0.717) is 19.3 Å². The molecule has 0 aromatic carbocycles. The Hall–Kier alpha value is -3.60. The van der Waals surface area contributed by atoms with Gasteiger partial charge in [0.1, 0.15) is 12.7 Å². The van der Waals surface area contributed by atoms with Crippen molar-refractivity contribution in [3.8, 4) is 0 Å². The summed E-state index contributed by atoms with van der Waals surface area (Å²) >= 11 is 0. The largest absolute Gasteiger partial charge is 0.472 e. The number of carbonyl (C=O) groups excluding carboxylic acids is 3. The van der Waals surface area contributed by atoms with Gasteiger partial charge < -0.3 is 24.2 Å². The van der Waals surface area contributed by atoms with E-state index < -0.39 is 57.8 Å². The molecule has 448 valence electrons. The first-order chi connectivity index (χ1) is 38.2. The molecule has 0 bridgehead atoms. The Labute approximate surface area is 476 Å². The maximum atomic E-state index is 12.9. The second-order valence-corrected chi connectivity index (χ2v) is 21.9. The van der Waals surface area contributed by atoms with Gasteiger partial charge in [0.2, 0.25) is 0 Å². The lowest BCUT2D eigenvalue weighted by atomic mass is 10.1. The highest BCUT2D eigenvalue weighted by Gasteiger charge is 2.28. The molecule has 0 aromatic heterocycles. The second-order valence-electron chi connectivity index (χ2n) is 20.5. The van der Waals surface area contributed by atoms with Gasteiger partial charge in [-0.3, -0.25) is 23.4 Å². The van der Waals surface area contributed by atoms with Crippen LogP contribution in [0.15, 0.2) is 97.2 Å². The zero-order chi connectivity index (χ0) is 56.9. The third-order valence-corrected chi connectivity index (χ3v) is 13.9. The Morgan fingerprint density at radius 1 is 0.372 bits per heavy atom. The Bertz CT molecular complexity index is 1680. The summed E-state index contributed by atoms with van der Waals surface area (Å²) in [4.78, 5) is 48.7. The van der Waals surface area contributed by atoms with Gasteiger partial charge >= 0.3 is 25.7 Å². The van der Waals surface area contributed by atoms with Crippen molar-refractivity contribution in [2.45, 2.75) is 277 Å². The summed E-state index contributed by atoms with van der Waals surface area (Å²) < 4.78 is 39.6. The molecular weight excluding hydrogens is 1000 g/mol. The molecule has 78 heavy (non-hydrogen) atoms. The van der Waals surface area contributed by atoms with Crippen molar-refractivity contribution < 1.29 is 52.2 Å². The predicted octanol–water partition coefficient (Wildman–Crippen LogP) is 18.8. The van der Waals surface area contributed by atoms with Crippen molar-refractivity contribution in [2.75, 3.05) is 26.4 Å². The van der Waals surface area contributed by atoms with E-state index >= 15 is 0 Å². The fourth-order valence-electron chi connectivity index (χ4n) is 8.23. The number of aliphatic hydroxyl groups is 1.